The molecule has 0 radical (unpaired) electrons. The first kappa shape index (κ1) is 15.1. The molecule has 0 saturated carbocycles. The minimum absolute atomic E-state index is 0.00263. The van der Waals surface area contributed by atoms with Crippen LogP contribution in [0.3, 0.4) is 0 Å². The molecule has 2 aromatic carbocycles. The van der Waals surface area contributed by atoms with E-state index in [1.807, 2.05) is 25.1 Å². The summed E-state index contributed by atoms with van der Waals surface area (Å²) in [6, 6.07) is 10.2. The molecule has 23 heavy (non-hydrogen) atoms. The largest absolute Gasteiger partial charge is 0.298 e. The molecule has 0 atom stereocenters. The number of nitrogens with zero attached hydrogens (tertiary/aromatic N) is 2. The lowest BCUT2D eigenvalue weighted by atomic mass is 10.1. The van der Waals surface area contributed by atoms with Crippen molar-refractivity contribution in [2.24, 2.45) is 0 Å². The van der Waals surface area contributed by atoms with Gasteiger partial charge in [-0.1, -0.05) is 23.5 Å². The highest BCUT2D eigenvalue weighted by molar-refractivity contribution is 7.22. The molecule has 1 heterocycles. The second kappa shape index (κ2) is 5.77. The molecule has 0 saturated heterocycles. The number of thiazole rings is 1. The molecule has 6 nitrogen and oxygen atoms in total. The smallest absolute Gasteiger partial charge is 0.272 e. The normalized spacial score (nSPS) is 10.7. The molecule has 0 aliphatic carbocycles. The summed E-state index contributed by atoms with van der Waals surface area (Å²) >= 11 is 1.40. The Balaban J connectivity index is 1.87. The van der Waals surface area contributed by atoms with Crippen molar-refractivity contribution >= 4 is 38.3 Å². The van der Waals surface area contributed by atoms with Gasteiger partial charge in [0.05, 0.1) is 15.1 Å². The lowest BCUT2D eigenvalue weighted by Crippen LogP contribution is -2.12. The van der Waals surface area contributed by atoms with Gasteiger partial charge in [0.15, 0.2) is 5.13 Å². The molecule has 116 valence electrons. The number of fused-ring (bicyclic) bond motifs is 1. The van der Waals surface area contributed by atoms with Crippen LogP contribution in [0.5, 0.6) is 0 Å². The molecule has 1 amide bonds. The molecule has 1 aromatic heterocycles. The summed E-state index contributed by atoms with van der Waals surface area (Å²) in [4.78, 5) is 27.1. The maximum absolute atomic E-state index is 12.3. The first-order valence-electron chi connectivity index (χ1n) is 6.88. The summed E-state index contributed by atoms with van der Waals surface area (Å²) in [6.07, 6.45) is 0. The van der Waals surface area contributed by atoms with Crippen molar-refractivity contribution in [2.75, 3.05) is 5.32 Å². The van der Waals surface area contributed by atoms with E-state index in [9.17, 15) is 14.9 Å². The molecule has 3 rings (SSSR count). The number of hydrogen-bond acceptors (Lipinski definition) is 5. The summed E-state index contributed by atoms with van der Waals surface area (Å²) in [6.45, 7) is 3.57. The molecular formula is C16H13N3O3S. The van der Waals surface area contributed by atoms with E-state index in [-0.39, 0.29) is 11.6 Å². The number of carbonyl (C=O) groups excluding carboxylic acids is 1. The highest BCUT2D eigenvalue weighted by Gasteiger charge is 2.15. The summed E-state index contributed by atoms with van der Waals surface area (Å²) in [5.74, 6) is -0.334. The Morgan fingerprint density at radius 2 is 2.00 bits per heavy atom. The summed E-state index contributed by atoms with van der Waals surface area (Å²) < 4.78 is 1.00. The SMILES string of the molecule is Cc1cc(C(=O)Nc2nc3c(C)cccc3s2)ccc1[N+](=O)[O-]. The minimum atomic E-state index is -0.465. The molecule has 0 aliphatic heterocycles. The van der Waals surface area contributed by atoms with Crippen LogP contribution < -0.4 is 5.32 Å². The summed E-state index contributed by atoms with van der Waals surface area (Å²) in [5.41, 5.74) is 2.72. The predicted molar refractivity (Wildman–Crippen MR) is 90.1 cm³/mol. The topological polar surface area (TPSA) is 85.1 Å². The van der Waals surface area contributed by atoms with Crippen LogP contribution in [0.25, 0.3) is 10.2 Å². The van der Waals surface area contributed by atoms with E-state index in [1.165, 1.54) is 29.5 Å². The highest BCUT2D eigenvalue weighted by Crippen LogP contribution is 2.28. The Morgan fingerprint density at radius 1 is 1.22 bits per heavy atom. The van der Waals surface area contributed by atoms with Crippen molar-refractivity contribution in [3.05, 3.63) is 63.2 Å². The maximum atomic E-state index is 12.3. The molecule has 0 unspecified atom stereocenters. The molecule has 3 aromatic rings. The predicted octanol–water partition coefficient (Wildman–Crippen LogP) is 4.07. The third kappa shape index (κ3) is 2.91. The Labute approximate surface area is 135 Å². The maximum Gasteiger partial charge on any atom is 0.272 e. The molecule has 0 bridgehead atoms. The average Bonchev–Trinajstić information content (AvgIpc) is 2.90. The van der Waals surface area contributed by atoms with Gasteiger partial charge in [0.1, 0.15) is 0 Å². The van der Waals surface area contributed by atoms with Gasteiger partial charge in [-0.05, 0) is 37.6 Å². The number of para-hydroxylation sites is 1. The van der Waals surface area contributed by atoms with Crippen LogP contribution in [0.4, 0.5) is 10.8 Å². The molecule has 0 fully saturated rings. The van der Waals surface area contributed by atoms with Crippen LogP contribution in [0, 0.1) is 24.0 Å². The van der Waals surface area contributed by atoms with Crippen molar-refractivity contribution in [1.82, 2.24) is 4.98 Å². The first-order chi connectivity index (χ1) is 11.0. The van der Waals surface area contributed by atoms with Crippen LogP contribution >= 0.6 is 11.3 Å². The van der Waals surface area contributed by atoms with Crippen LogP contribution in [-0.4, -0.2) is 15.8 Å². The number of nitrogens with one attached hydrogen (secondary N) is 1. The second-order valence-corrected chi connectivity index (χ2v) is 6.18. The second-order valence-electron chi connectivity index (χ2n) is 5.15. The number of carbonyl (C=O) groups is 1. The van der Waals surface area contributed by atoms with Crippen LogP contribution in [0.2, 0.25) is 0 Å². The lowest BCUT2D eigenvalue weighted by Gasteiger charge is -2.03. The van der Waals surface area contributed by atoms with Gasteiger partial charge in [0, 0.05) is 17.2 Å². The standard InChI is InChI=1S/C16H13N3O3S/c1-9-4-3-5-13-14(9)17-16(23-13)18-15(20)11-6-7-12(19(21)22)10(2)8-11/h3-8H,1-2H3,(H,17,18,20). The van der Waals surface area contributed by atoms with Gasteiger partial charge in [0.25, 0.3) is 11.6 Å². The molecule has 0 spiro atoms. The van der Waals surface area contributed by atoms with Crippen LogP contribution in [0.15, 0.2) is 36.4 Å². The minimum Gasteiger partial charge on any atom is -0.298 e. The van der Waals surface area contributed by atoms with Gasteiger partial charge in [-0.25, -0.2) is 4.98 Å². The van der Waals surface area contributed by atoms with Crippen molar-refractivity contribution < 1.29 is 9.72 Å². The van der Waals surface area contributed by atoms with E-state index in [4.69, 9.17) is 0 Å². The zero-order valence-corrected chi connectivity index (χ0v) is 13.3. The monoisotopic (exact) mass is 327 g/mol. The fourth-order valence-electron chi connectivity index (χ4n) is 2.31. The summed E-state index contributed by atoms with van der Waals surface area (Å²) in [5, 5.41) is 14.1. The first-order valence-corrected chi connectivity index (χ1v) is 7.70. The zero-order valence-electron chi connectivity index (χ0n) is 12.5. The van der Waals surface area contributed by atoms with Crippen molar-refractivity contribution in [3.8, 4) is 0 Å². The molecule has 1 N–H and O–H groups in total. The van der Waals surface area contributed by atoms with Gasteiger partial charge in [0.2, 0.25) is 0 Å². The number of aromatic nitrogens is 1. The third-order valence-electron chi connectivity index (χ3n) is 3.50. The molecular weight excluding hydrogens is 314 g/mol. The number of nitro benzene ring substituents is 1. The average molecular weight is 327 g/mol. The van der Waals surface area contributed by atoms with E-state index in [0.717, 1.165) is 15.8 Å². The number of aryl methyl sites for hydroxylation is 2. The fraction of sp³-hybridized carbons (Fsp3) is 0.125. The van der Waals surface area contributed by atoms with Crippen LogP contribution in [-0.2, 0) is 0 Å². The van der Waals surface area contributed by atoms with Crippen LogP contribution in [0.1, 0.15) is 21.5 Å². The van der Waals surface area contributed by atoms with E-state index in [2.05, 4.69) is 10.3 Å². The Bertz CT molecular complexity index is 933. The fourth-order valence-corrected chi connectivity index (χ4v) is 3.25. The Morgan fingerprint density at radius 3 is 2.65 bits per heavy atom. The lowest BCUT2D eigenvalue weighted by molar-refractivity contribution is -0.385. The van der Waals surface area contributed by atoms with Gasteiger partial charge < -0.3 is 0 Å². The summed E-state index contributed by atoms with van der Waals surface area (Å²) in [7, 11) is 0. The van der Waals surface area contributed by atoms with Crippen molar-refractivity contribution in [2.45, 2.75) is 13.8 Å². The highest BCUT2D eigenvalue weighted by atomic mass is 32.1. The van der Waals surface area contributed by atoms with Gasteiger partial charge in [-0.3, -0.25) is 20.2 Å². The van der Waals surface area contributed by atoms with E-state index in [1.54, 1.807) is 6.92 Å². The zero-order chi connectivity index (χ0) is 16.6. The number of benzene rings is 2. The van der Waals surface area contributed by atoms with E-state index >= 15 is 0 Å². The van der Waals surface area contributed by atoms with Crippen molar-refractivity contribution in [3.63, 3.8) is 0 Å². The number of rotatable bonds is 3. The third-order valence-corrected chi connectivity index (χ3v) is 4.43. The Kier molecular flexibility index (Phi) is 3.79. The van der Waals surface area contributed by atoms with Gasteiger partial charge >= 0.3 is 0 Å². The van der Waals surface area contributed by atoms with E-state index in [0.29, 0.717) is 16.3 Å². The van der Waals surface area contributed by atoms with Gasteiger partial charge in [-0.2, -0.15) is 0 Å². The van der Waals surface area contributed by atoms with Gasteiger partial charge in [-0.15, -0.1) is 0 Å². The van der Waals surface area contributed by atoms with Crippen molar-refractivity contribution in [1.29, 1.82) is 0 Å². The molecule has 7 heteroatoms. The van der Waals surface area contributed by atoms with E-state index < -0.39 is 4.92 Å². The quantitative estimate of drug-likeness (QED) is 0.580. The Hall–Kier alpha value is -2.80. The number of hydrogen-bond donors (Lipinski definition) is 1. The number of anilines is 1. The number of nitro groups is 1. The number of amides is 1. The molecule has 0 aliphatic rings.